The van der Waals surface area contributed by atoms with Crippen LogP contribution in [0.1, 0.15) is 30.7 Å². The van der Waals surface area contributed by atoms with Gasteiger partial charge in [-0.2, -0.15) is 5.10 Å². The number of hydrogen-bond donors (Lipinski definition) is 1. The van der Waals surface area contributed by atoms with Crippen LogP contribution in [-0.4, -0.2) is 48.6 Å². The molecule has 0 atom stereocenters. The Kier molecular flexibility index (Phi) is 4.67. The SMILES string of the molecule is Cc1nn(C)c(C)c1S(=O)(=O)NCCCN1CCCC1=O. The third-order valence-electron chi connectivity index (χ3n) is 3.78. The molecule has 0 radical (unpaired) electrons. The predicted molar refractivity (Wildman–Crippen MR) is 78.3 cm³/mol. The Morgan fingerprint density at radius 3 is 2.57 bits per heavy atom. The average molecular weight is 314 g/mol. The molecule has 1 saturated heterocycles. The highest BCUT2D eigenvalue weighted by molar-refractivity contribution is 7.89. The molecule has 1 amide bonds. The molecule has 118 valence electrons. The monoisotopic (exact) mass is 314 g/mol. The molecular formula is C13H22N4O3S. The van der Waals surface area contributed by atoms with Crippen LogP contribution in [0.3, 0.4) is 0 Å². The summed E-state index contributed by atoms with van der Waals surface area (Å²) in [5.74, 6) is 0.164. The second-order valence-electron chi connectivity index (χ2n) is 5.36. The van der Waals surface area contributed by atoms with Crippen molar-refractivity contribution < 1.29 is 13.2 Å². The summed E-state index contributed by atoms with van der Waals surface area (Å²) in [6.45, 7) is 5.13. The van der Waals surface area contributed by atoms with Gasteiger partial charge < -0.3 is 4.90 Å². The molecule has 8 heteroatoms. The normalized spacial score (nSPS) is 16.0. The Bertz CT molecular complexity index is 636. The summed E-state index contributed by atoms with van der Waals surface area (Å²) < 4.78 is 28.8. The summed E-state index contributed by atoms with van der Waals surface area (Å²) in [6, 6.07) is 0. The van der Waals surface area contributed by atoms with Crippen LogP contribution < -0.4 is 4.72 Å². The van der Waals surface area contributed by atoms with Gasteiger partial charge in [0.1, 0.15) is 4.90 Å². The molecule has 21 heavy (non-hydrogen) atoms. The van der Waals surface area contributed by atoms with Crippen molar-refractivity contribution in [1.82, 2.24) is 19.4 Å². The first-order valence-corrected chi connectivity index (χ1v) is 8.59. The highest BCUT2D eigenvalue weighted by Crippen LogP contribution is 2.18. The van der Waals surface area contributed by atoms with Gasteiger partial charge in [0.15, 0.2) is 0 Å². The van der Waals surface area contributed by atoms with Gasteiger partial charge in [0.2, 0.25) is 15.9 Å². The van der Waals surface area contributed by atoms with E-state index in [4.69, 9.17) is 0 Å². The fraction of sp³-hybridized carbons (Fsp3) is 0.692. The number of nitrogens with one attached hydrogen (secondary N) is 1. The topological polar surface area (TPSA) is 84.3 Å². The van der Waals surface area contributed by atoms with Gasteiger partial charge in [-0.1, -0.05) is 0 Å². The van der Waals surface area contributed by atoms with E-state index >= 15 is 0 Å². The van der Waals surface area contributed by atoms with Crippen LogP contribution in [0.5, 0.6) is 0 Å². The number of amides is 1. The summed E-state index contributed by atoms with van der Waals surface area (Å²) in [7, 11) is -1.82. The highest BCUT2D eigenvalue weighted by atomic mass is 32.2. The van der Waals surface area contributed by atoms with E-state index in [2.05, 4.69) is 9.82 Å². The van der Waals surface area contributed by atoms with E-state index in [1.54, 1.807) is 30.5 Å². The largest absolute Gasteiger partial charge is 0.343 e. The van der Waals surface area contributed by atoms with E-state index < -0.39 is 10.0 Å². The van der Waals surface area contributed by atoms with Gasteiger partial charge in [-0.3, -0.25) is 9.48 Å². The Morgan fingerprint density at radius 2 is 2.05 bits per heavy atom. The zero-order chi connectivity index (χ0) is 15.6. The average Bonchev–Trinajstić information content (AvgIpc) is 2.90. The molecule has 0 unspecified atom stereocenters. The van der Waals surface area contributed by atoms with E-state index in [1.807, 2.05) is 0 Å². The molecule has 0 spiro atoms. The molecule has 0 aromatic carbocycles. The summed E-state index contributed by atoms with van der Waals surface area (Å²) in [4.78, 5) is 13.5. The summed E-state index contributed by atoms with van der Waals surface area (Å²) in [5, 5.41) is 4.12. The number of carbonyl (C=O) groups excluding carboxylic acids is 1. The Hall–Kier alpha value is -1.41. The van der Waals surface area contributed by atoms with Gasteiger partial charge in [0, 0.05) is 33.1 Å². The maximum atomic E-state index is 12.3. The third-order valence-corrected chi connectivity index (χ3v) is 5.49. The van der Waals surface area contributed by atoms with Crippen LogP contribution in [0.25, 0.3) is 0 Å². The first-order valence-electron chi connectivity index (χ1n) is 7.10. The van der Waals surface area contributed by atoms with Crippen molar-refractivity contribution in [3.63, 3.8) is 0 Å². The van der Waals surface area contributed by atoms with Gasteiger partial charge >= 0.3 is 0 Å². The minimum Gasteiger partial charge on any atom is -0.343 e. The second kappa shape index (κ2) is 6.15. The summed E-state index contributed by atoms with van der Waals surface area (Å²) in [6.07, 6.45) is 2.13. The molecule has 0 aliphatic carbocycles. The van der Waals surface area contributed by atoms with E-state index in [1.165, 1.54) is 0 Å². The van der Waals surface area contributed by atoms with Gasteiger partial charge in [-0.05, 0) is 26.7 Å². The van der Waals surface area contributed by atoms with Crippen molar-refractivity contribution in [2.75, 3.05) is 19.6 Å². The zero-order valence-corrected chi connectivity index (χ0v) is 13.5. The molecule has 0 saturated carbocycles. The smallest absolute Gasteiger partial charge is 0.244 e. The molecule has 7 nitrogen and oxygen atoms in total. The molecule has 1 N–H and O–H groups in total. The Labute approximate surface area is 125 Å². The van der Waals surface area contributed by atoms with Gasteiger partial charge in [-0.25, -0.2) is 13.1 Å². The van der Waals surface area contributed by atoms with Gasteiger partial charge in [0.05, 0.1) is 11.4 Å². The lowest BCUT2D eigenvalue weighted by Crippen LogP contribution is -2.31. The Balaban J connectivity index is 1.91. The van der Waals surface area contributed by atoms with Crippen molar-refractivity contribution >= 4 is 15.9 Å². The van der Waals surface area contributed by atoms with Crippen LogP contribution in [0, 0.1) is 13.8 Å². The number of likely N-dealkylation sites (tertiary alicyclic amines) is 1. The lowest BCUT2D eigenvalue weighted by molar-refractivity contribution is -0.127. The molecule has 2 rings (SSSR count). The standard InChI is InChI=1S/C13H22N4O3S/c1-10-13(11(2)16(3)15-10)21(19,20)14-7-5-9-17-8-4-6-12(17)18/h14H,4-9H2,1-3H3. The van der Waals surface area contributed by atoms with Crippen molar-refractivity contribution in [2.45, 2.75) is 38.0 Å². The lowest BCUT2D eigenvalue weighted by Gasteiger charge is -2.15. The zero-order valence-electron chi connectivity index (χ0n) is 12.7. The first kappa shape index (κ1) is 16.0. The highest BCUT2D eigenvalue weighted by Gasteiger charge is 2.24. The van der Waals surface area contributed by atoms with Crippen LogP contribution in [0.15, 0.2) is 4.90 Å². The molecular weight excluding hydrogens is 292 g/mol. The molecule has 2 heterocycles. The van der Waals surface area contributed by atoms with Crippen LogP contribution in [0.2, 0.25) is 0 Å². The Morgan fingerprint density at radius 1 is 1.33 bits per heavy atom. The van der Waals surface area contributed by atoms with Gasteiger partial charge in [-0.15, -0.1) is 0 Å². The molecule has 0 bridgehead atoms. The van der Waals surface area contributed by atoms with Crippen molar-refractivity contribution in [3.05, 3.63) is 11.4 Å². The van der Waals surface area contributed by atoms with Crippen LogP contribution in [-0.2, 0) is 21.9 Å². The summed E-state index contributed by atoms with van der Waals surface area (Å²) >= 11 is 0. The molecule has 1 aromatic rings. The fourth-order valence-electron chi connectivity index (χ4n) is 2.63. The number of aryl methyl sites for hydroxylation is 2. The molecule has 1 aliphatic rings. The summed E-state index contributed by atoms with van der Waals surface area (Å²) in [5.41, 5.74) is 1.12. The molecule has 1 aromatic heterocycles. The van der Waals surface area contributed by atoms with E-state index in [0.29, 0.717) is 37.3 Å². The maximum Gasteiger partial charge on any atom is 0.244 e. The van der Waals surface area contributed by atoms with Crippen molar-refractivity contribution in [1.29, 1.82) is 0 Å². The quantitative estimate of drug-likeness (QED) is 0.767. The van der Waals surface area contributed by atoms with E-state index in [9.17, 15) is 13.2 Å². The lowest BCUT2D eigenvalue weighted by atomic mass is 10.4. The predicted octanol–water partition coefficient (Wildman–Crippen LogP) is 0.328. The molecule has 1 aliphatic heterocycles. The van der Waals surface area contributed by atoms with E-state index in [0.717, 1.165) is 13.0 Å². The maximum absolute atomic E-state index is 12.3. The number of carbonyl (C=O) groups is 1. The van der Waals surface area contributed by atoms with E-state index in [-0.39, 0.29) is 10.8 Å². The van der Waals surface area contributed by atoms with Gasteiger partial charge in [0.25, 0.3) is 0 Å². The second-order valence-corrected chi connectivity index (χ2v) is 7.06. The number of rotatable bonds is 6. The number of hydrogen-bond acceptors (Lipinski definition) is 4. The molecule has 1 fully saturated rings. The fourth-order valence-corrected chi connectivity index (χ4v) is 4.14. The number of sulfonamides is 1. The van der Waals surface area contributed by atoms with Crippen LogP contribution >= 0.6 is 0 Å². The minimum absolute atomic E-state index is 0.164. The minimum atomic E-state index is -3.55. The number of aromatic nitrogens is 2. The van der Waals surface area contributed by atoms with Crippen molar-refractivity contribution in [3.8, 4) is 0 Å². The third kappa shape index (κ3) is 3.44. The van der Waals surface area contributed by atoms with Crippen LogP contribution in [0.4, 0.5) is 0 Å². The number of nitrogens with zero attached hydrogens (tertiary/aromatic N) is 3. The van der Waals surface area contributed by atoms with Crippen molar-refractivity contribution in [2.24, 2.45) is 7.05 Å². The first-order chi connectivity index (χ1) is 9.83.